The summed E-state index contributed by atoms with van der Waals surface area (Å²) in [5.41, 5.74) is 5.44. The van der Waals surface area contributed by atoms with E-state index in [0.29, 0.717) is 28.8 Å². The van der Waals surface area contributed by atoms with Gasteiger partial charge in [-0.25, -0.2) is 5.43 Å². The summed E-state index contributed by atoms with van der Waals surface area (Å²) in [7, 11) is 3.12. The molecule has 33 heavy (non-hydrogen) atoms. The quantitative estimate of drug-likeness (QED) is 0.248. The number of benzene rings is 2. The van der Waals surface area contributed by atoms with Crippen LogP contribution in [0.2, 0.25) is 0 Å². The van der Waals surface area contributed by atoms with E-state index in [1.165, 1.54) is 25.0 Å². The second-order valence-electron chi connectivity index (χ2n) is 7.13. The van der Waals surface area contributed by atoms with E-state index in [1.54, 1.807) is 19.2 Å². The molecule has 0 unspecified atom stereocenters. The molecule has 0 spiro atoms. The van der Waals surface area contributed by atoms with E-state index in [0.717, 1.165) is 35.9 Å². The Balaban J connectivity index is 1.39. The van der Waals surface area contributed by atoms with Crippen molar-refractivity contribution in [1.29, 1.82) is 0 Å². The maximum atomic E-state index is 12.0. The van der Waals surface area contributed by atoms with Gasteiger partial charge in [0, 0.05) is 6.42 Å². The maximum Gasteiger partial charge on any atom is 0.277 e. The van der Waals surface area contributed by atoms with Gasteiger partial charge in [0.15, 0.2) is 11.5 Å². The molecule has 0 bridgehead atoms. The number of carbonyl (C=O) groups excluding carboxylic acids is 1. The van der Waals surface area contributed by atoms with Crippen LogP contribution in [0.3, 0.4) is 0 Å². The number of ether oxygens (including phenoxy) is 2. The minimum absolute atomic E-state index is 0.0323. The average molecular weight is 471 g/mol. The lowest BCUT2D eigenvalue weighted by atomic mass is 10.1. The Morgan fingerprint density at radius 2 is 1.97 bits per heavy atom. The molecule has 0 saturated heterocycles. The number of carbonyl (C=O) groups is 1. The first-order valence-electron chi connectivity index (χ1n) is 10.3. The van der Waals surface area contributed by atoms with Gasteiger partial charge in [0.25, 0.3) is 11.1 Å². The molecule has 0 aliphatic carbocycles. The number of aryl methyl sites for hydroxylation is 3. The zero-order chi connectivity index (χ0) is 23.6. The Hall–Kier alpha value is -3.53. The summed E-state index contributed by atoms with van der Waals surface area (Å²) in [6.45, 7) is 2.02. The van der Waals surface area contributed by atoms with Gasteiger partial charge in [0.2, 0.25) is 5.89 Å². The Morgan fingerprint density at radius 1 is 1.15 bits per heavy atom. The fourth-order valence-corrected chi connectivity index (χ4v) is 3.62. The van der Waals surface area contributed by atoms with Gasteiger partial charge in [-0.15, -0.1) is 10.2 Å². The third kappa shape index (κ3) is 7.25. The number of methoxy groups -OCH3 is 2. The van der Waals surface area contributed by atoms with E-state index >= 15 is 0 Å². The van der Waals surface area contributed by atoms with Crippen LogP contribution in [0.15, 0.2) is 51.1 Å². The molecule has 1 heterocycles. The number of nitrogens with zero attached hydrogens (tertiary/aromatic N) is 3. The highest BCUT2D eigenvalue weighted by molar-refractivity contribution is 7.99. The number of aromatic hydroxyl groups is 1. The molecule has 1 amide bonds. The summed E-state index contributed by atoms with van der Waals surface area (Å²) >= 11 is 1.15. The van der Waals surface area contributed by atoms with Crippen LogP contribution < -0.4 is 14.9 Å². The molecule has 1 aromatic heterocycles. The maximum absolute atomic E-state index is 12.0. The van der Waals surface area contributed by atoms with Crippen LogP contribution in [0.25, 0.3) is 0 Å². The van der Waals surface area contributed by atoms with Gasteiger partial charge in [-0.05, 0) is 60.7 Å². The molecule has 10 heteroatoms. The van der Waals surface area contributed by atoms with E-state index in [4.69, 9.17) is 13.9 Å². The van der Waals surface area contributed by atoms with Gasteiger partial charge < -0.3 is 19.0 Å². The van der Waals surface area contributed by atoms with Crippen molar-refractivity contribution in [3.63, 3.8) is 0 Å². The van der Waals surface area contributed by atoms with E-state index < -0.39 is 0 Å². The lowest BCUT2D eigenvalue weighted by molar-refractivity contribution is -0.118. The molecule has 0 saturated carbocycles. The number of amides is 1. The number of hydrogen-bond donors (Lipinski definition) is 2. The molecule has 9 nitrogen and oxygen atoms in total. The minimum Gasteiger partial charge on any atom is -0.504 e. The van der Waals surface area contributed by atoms with Gasteiger partial charge >= 0.3 is 0 Å². The molecule has 174 valence electrons. The number of thioether (sulfide) groups is 1. The Morgan fingerprint density at radius 3 is 2.73 bits per heavy atom. The van der Waals surface area contributed by atoms with Gasteiger partial charge in [0.1, 0.15) is 5.75 Å². The predicted molar refractivity (Wildman–Crippen MR) is 125 cm³/mol. The molecular formula is C23H26N4O5S. The molecule has 0 atom stereocenters. The summed E-state index contributed by atoms with van der Waals surface area (Å²) in [6, 6.07) is 10.9. The largest absolute Gasteiger partial charge is 0.504 e. The van der Waals surface area contributed by atoms with Crippen LogP contribution in [0.4, 0.5) is 0 Å². The van der Waals surface area contributed by atoms with Gasteiger partial charge in [0.05, 0.1) is 26.2 Å². The van der Waals surface area contributed by atoms with Crippen molar-refractivity contribution in [2.75, 3.05) is 20.0 Å². The summed E-state index contributed by atoms with van der Waals surface area (Å²) in [5, 5.41) is 21.9. The van der Waals surface area contributed by atoms with Crippen LogP contribution in [-0.4, -0.2) is 47.4 Å². The van der Waals surface area contributed by atoms with Crippen LogP contribution in [0.1, 0.15) is 29.0 Å². The van der Waals surface area contributed by atoms with Crippen molar-refractivity contribution >= 4 is 23.9 Å². The van der Waals surface area contributed by atoms with Gasteiger partial charge in [-0.2, -0.15) is 5.10 Å². The number of rotatable bonds is 11. The minimum atomic E-state index is -0.309. The highest BCUT2D eigenvalue weighted by Crippen LogP contribution is 2.25. The summed E-state index contributed by atoms with van der Waals surface area (Å²) in [4.78, 5) is 12.0. The normalized spacial score (nSPS) is 11.0. The molecular weight excluding hydrogens is 444 g/mol. The summed E-state index contributed by atoms with van der Waals surface area (Å²) < 4.78 is 15.9. The summed E-state index contributed by atoms with van der Waals surface area (Å²) in [6.07, 6.45) is 3.88. The lowest BCUT2D eigenvalue weighted by Gasteiger charge is -2.06. The standard InChI is InChI=1S/C23H26N4O5S/c1-15-11-16(8-10-19(15)30-2)5-4-6-22-26-27-23(32-22)33-14-21(29)25-24-13-17-7-9-18(28)20(12-17)31-3/h7-13,28H,4-6,14H2,1-3H3,(H,25,29)/b24-13+. The van der Waals surface area contributed by atoms with Gasteiger partial charge in [-0.1, -0.05) is 23.9 Å². The van der Waals surface area contributed by atoms with Crippen molar-refractivity contribution in [2.45, 2.75) is 31.4 Å². The smallest absolute Gasteiger partial charge is 0.277 e. The first-order chi connectivity index (χ1) is 16.0. The zero-order valence-electron chi connectivity index (χ0n) is 18.7. The number of phenolic OH excluding ortho intramolecular Hbond substituents is 1. The Kier molecular flexibility index (Phi) is 8.71. The summed E-state index contributed by atoms with van der Waals surface area (Å²) in [5.74, 6) is 1.56. The van der Waals surface area contributed by atoms with Crippen molar-refractivity contribution < 1.29 is 23.8 Å². The molecule has 0 radical (unpaired) electrons. The van der Waals surface area contributed by atoms with Crippen molar-refractivity contribution in [3.8, 4) is 17.2 Å². The number of hydrogen-bond acceptors (Lipinski definition) is 9. The highest BCUT2D eigenvalue weighted by Gasteiger charge is 2.10. The van der Waals surface area contributed by atoms with E-state index in [1.807, 2.05) is 13.0 Å². The Labute approximate surface area is 196 Å². The van der Waals surface area contributed by atoms with E-state index in [9.17, 15) is 9.90 Å². The van der Waals surface area contributed by atoms with E-state index in [2.05, 4.69) is 32.9 Å². The van der Waals surface area contributed by atoms with Crippen LogP contribution >= 0.6 is 11.8 Å². The topological polar surface area (TPSA) is 119 Å². The van der Waals surface area contributed by atoms with E-state index in [-0.39, 0.29) is 17.4 Å². The van der Waals surface area contributed by atoms with Crippen LogP contribution in [0, 0.1) is 6.92 Å². The predicted octanol–water partition coefficient (Wildman–Crippen LogP) is 3.52. The first kappa shape index (κ1) is 24.1. The molecule has 0 fully saturated rings. The first-order valence-corrected chi connectivity index (χ1v) is 11.2. The molecule has 2 aromatic carbocycles. The number of hydrazone groups is 1. The molecule has 3 rings (SSSR count). The molecule has 0 aliphatic rings. The second kappa shape index (κ2) is 11.9. The second-order valence-corrected chi connectivity index (χ2v) is 8.06. The van der Waals surface area contributed by atoms with Crippen LogP contribution in [0.5, 0.6) is 17.2 Å². The fourth-order valence-electron chi connectivity index (χ4n) is 3.05. The van der Waals surface area contributed by atoms with Crippen molar-refractivity contribution in [1.82, 2.24) is 15.6 Å². The van der Waals surface area contributed by atoms with Crippen molar-refractivity contribution in [3.05, 3.63) is 59.0 Å². The number of phenols is 1. The molecule has 3 aromatic rings. The molecule has 0 aliphatic heterocycles. The highest BCUT2D eigenvalue weighted by atomic mass is 32.2. The third-order valence-corrected chi connectivity index (χ3v) is 5.52. The Bertz CT molecular complexity index is 1120. The van der Waals surface area contributed by atoms with Crippen molar-refractivity contribution in [2.24, 2.45) is 5.10 Å². The SMILES string of the molecule is COc1ccc(CCCc2nnc(SCC(=O)N/N=C/c3ccc(O)c(OC)c3)o2)cc1C. The lowest BCUT2D eigenvalue weighted by Crippen LogP contribution is -2.19. The molecule has 2 N–H and O–H groups in total. The monoisotopic (exact) mass is 470 g/mol. The number of aromatic nitrogens is 2. The zero-order valence-corrected chi connectivity index (χ0v) is 19.5. The number of nitrogens with one attached hydrogen (secondary N) is 1. The average Bonchev–Trinajstić information content (AvgIpc) is 3.26. The van der Waals surface area contributed by atoms with Crippen LogP contribution in [-0.2, 0) is 17.6 Å². The fraction of sp³-hybridized carbons (Fsp3) is 0.304. The third-order valence-electron chi connectivity index (χ3n) is 4.70. The van der Waals surface area contributed by atoms with Gasteiger partial charge in [-0.3, -0.25) is 4.79 Å².